The third-order valence-corrected chi connectivity index (χ3v) is 5.60. The summed E-state index contributed by atoms with van der Waals surface area (Å²) in [5, 5.41) is 11.7. The van der Waals surface area contributed by atoms with Gasteiger partial charge in [-0.05, 0) is 30.3 Å². The van der Waals surface area contributed by atoms with Crippen LogP contribution in [0.25, 0.3) is 11.4 Å². The first-order valence-corrected chi connectivity index (χ1v) is 9.34. The number of thiophene rings is 1. The Labute approximate surface area is 159 Å². The highest BCUT2D eigenvalue weighted by Gasteiger charge is 2.20. The van der Waals surface area contributed by atoms with Gasteiger partial charge in [0.1, 0.15) is 0 Å². The van der Waals surface area contributed by atoms with Crippen molar-refractivity contribution in [2.45, 2.75) is 19.5 Å². The molecule has 0 aliphatic carbocycles. The lowest BCUT2D eigenvalue weighted by atomic mass is 10.1. The molecule has 0 fully saturated rings. The van der Waals surface area contributed by atoms with E-state index in [-0.39, 0.29) is 9.92 Å². The fourth-order valence-electron chi connectivity index (χ4n) is 3.02. The van der Waals surface area contributed by atoms with Gasteiger partial charge in [0.05, 0.1) is 10.6 Å². The Morgan fingerprint density at radius 2 is 2.04 bits per heavy atom. The summed E-state index contributed by atoms with van der Waals surface area (Å²) < 4.78 is 0. The van der Waals surface area contributed by atoms with Crippen LogP contribution in [0.1, 0.15) is 16.1 Å². The van der Waals surface area contributed by atoms with Crippen molar-refractivity contribution < 1.29 is 4.92 Å². The molecule has 0 saturated carbocycles. The number of nitro groups is 1. The van der Waals surface area contributed by atoms with E-state index < -0.39 is 0 Å². The second kappa shape index (κ2) is 7.11. The van der Waals surface area contributed by atoms with Gasteiger partial charge in [0.15, 0.2) is 5.82 Å². The lowest BCUT2D eigenvalue weighted by Crippen LogP contribution is -2.30. The fraction of sp³-hybridized carbons (Fsp3) is 0.222. The predicted octanol–water partition coefficient (Wildman–Crippen LogP) is 4.33. The van der Waals surface area contributed by atoms with Crippen molar-refractivity contribution >= 4 is 27.9 Å². The van der Waals surface area contributed by atoms with Crippen molar-refractivity contribution in [3.05, 3.63) is 73.9 Å². The molecule has 6 nitrogen and oxygen atoms in total. The van der Waals surface area contributed by atoms with Gasteiger partial charge in [0.25, 0.3) is 0 Å². The van der Waals surface area contributed by atoms with Crippen LogP contribution in [0.5, 0.6) is 0 Å². The molecule has 1 aliphatic rings. The number of hydrogen-bond donors (Lipinski definition) is 0. The molecule has 4 rings (SSSR count). The van der Waals surface area contributed by atoms with Gasteiger partial charge in [-0.1, -0.05) is 22.9 Å². The van der Waals surface area contributed by atoms with E-state index in [9.17, 15) is 10.1 Å². The second-order valence-electron chi connectivity index (χ2n) is 6.13. The SMILES string of the molecule is O=[N+]([O-])c1ccc(CN2CCc3nc(-c4ccc(Cl)cc4)ncc3C2)s1. The van der Waals surface area contributed by atoms with E-state index in [2.05, 4.69) is 9.88 Å². The first-order chi connectivity index (χ1) is 12.6. The highest BCUT2D eigenvalue weighted by atomic mass is 35.5. The molecular weight excluding hydrogens is 372 g/mol. The van der Waals surface area contributed by atoms with Crippen LogP contribution in [0.2, 0.25) is 5.02 Å². The fourth-order valence-corrected chi connectivity index (χ4v) is 4.01. The largest absolute Gasteiger partial charge is 0.324 e. The zero-order valence-corrected chi connectivity index (χ0v) is 15.3. The number of benzene rings is 1. The third kappa shape index (κ3) is 3.60. The molecule has 0 bridgehead atoms. The number of aromatic nitrogens is 2. The summed E-state index contributed by atoms with van der Waals surface area (Å²) in [6.07, 6.45) is 2.72. The number of nitrogens with zero attached hydrogens (tertiary/aromatic N) is 4. The lowest BCUT2D eigenvalue weighted by molar-refractivity contribution is -0.380. The predicted molar refractivity (Wildman–Crippen MR) is 101 cm³/mol. The molecule has 0 N–H and O–H groups in total. The van der Waals surface area contributed by atoms with Gasteiger partial charge < -0.3 is 0 Å². The van der Waals surface area contributed by atoms with Crippen molar-refractivity contribution in [3.63, 3.8) is 0 Å². The van der Waals surface area contributed by atoms with Crippen LogP contribution < -0.4 is 0 Å². The van der Waals surface area contributed by atoms with E-state index in [0.29, 0.717) is 17.4 Å². The summed E-state index contributed by atoms with van der Waals surface area (Å²) in [7, 11) is 0. The molecule has 0 radical (unpaired) electrons. The highest BCUT2D eigenvalue weighted by molar-refractivity contribution is 7.15. The topological polar surface area (TPSA) is 72.2 Å². The molecule has 26 heavy (non-hydrogen) atoms. The second-order valence-corrected chi connectivity index (χ2v) is 7.71. The summed E-state index contributed by atoms with van der Waals surface area (Å²) in [6.45, 7) is 2.33. The van der Waals surface area contributed by atoms with Crippen molar-refractivity contribution in [3.8, 4) is 11.4 Å². The summed E-state index contributed by atoms with van der Waals surface area (Å²) in [5.74, 6) is 0.711. The minimum absolute atomic E-state index is 0.188. The van der Waals surface area contributed by atoms with Gasteiger partial charge in [-0.15, -0.1) is 0 Å². The van der Waals surface area contributed by atoms with Crippen LogP contribution in [0, 0.1) is 10.1 Å². The maximum Gasteiger partial charge on any atom is 0.324 e. The zero-order valence-electron chi connectivity index (χ0n) is 13.8. The number of hydrogen-bond acceptors (Lipinski definition) is 6. The number of halogens is 1. The quantitative estimate of drug-likeness (QED) is 0.493. The Kier molecular flexibility index (Phi) is 4.67. The normalized spacial score (nSPS) is 14.2. The van der Waals surface area contributed by atoms with Crippen molar-refractivity contribution in [1.29, 1.82) is 0 Å². The molecule has 0 amide bonds. The summed E-state index contributed by atoms with van der Waals surface area (Å²) in [6, 6.07) is 10.9. The monoisotopic (exact) mass is 386 g/mol. The van der Waals surface area contributed by atoms with Crippen LogP contribution in [0.15, 0.2) is 42.6 Å². The molecule has 0 atom stereocenters. The zero-order chi connectivity index (χ0) is 18.1. The standard InChI is InChI=1S/C18H15ClN4O2S/c19-14-3-1-12(2-4-14)18-20-9-13-10-22(8-7-16(13)21-18)11-15-5-6-17(26-15)23(24)25/h1-6,9H,7-8,10-11H2. The average Bonchev–Trinajstić information content (AvgIpc) is 3.11. The minimum Gasteiger partial charge on any atom is -0.293 e. The first kappa shape index (κ1) is 17.1. The molecule has 132 valence electrons. The molecule has 3 aromatic rings. The molecule has 0 saturated heterocycles. The number of rotatable bonds is 4. The Hall–Kier alpha value is -2.35. The van der Waals surface area contributed by atoms with Crippen LogP contribution in [-0.4, -0.2) is 26.3 Å². The van der Waals surface area contributed by atoms with Gasteiger partial charge in [-0.3, -0.25) is 15.0 Å². The maximum atomic E-state index is 10.8. The highest BCUT2D eigenvalue weighted by Crippen LogP contribution is 2.27. The molecule has 3 heterocycles. The molecule has 0 spiro atoms. The Bertz CT molecular complexity index is 958. The van der Waals surface area contributed by atoms with Crippen LogP contribution >= 0.6 is 22.9 Å². The minimum atomic E-state index is -0.341. The molecule has 1 aliphatic heterocycles. The summed E-state index contributed by atoms with van der Waals surface area (Å²) in [5.41, 5.74) is 3.13. The van der Waals surface area contributed by atoms with Crippen LogP contribution in [0.4, 0.5) is 5.00 Å². The molecule has 0 unspecified atom stereocenters. The first-order valence-electron chi connectivity index (χ1n) is 8.15. The summed E-state index contributed by atoms with van der Waals surface area (Å²) in [4.78, 5) is 22.9. The lowest BCUT2D eigenvalue weighted by Gasteiger charge is -2.27. The van der Waals surface area contributed by atoms with Gasteiger partial charge in [-0.2, -0.15) is 0 Å². The van der Waals surface area contributed by atoms with Crippen molar-refractivity contribution in [1.82, 2.24) is 14.9 Å². The van der Waals surface area contributed by atoms with E-state index in [1.165, 1.54) is 11.3 Å². The Morgan fingerprint density at radius 1 is 1.23 bits per heavy atom. The Balaban J connectivity index is 1.48. The molecule has 8 heteroatoms. The van der Waals surface area contributed by atoms with Crippen molar-refractivity contribution in [2.75, 3.05) is 6.54 Å². The summed E-state index contributed by atoms with van der Waals surface area (Å²) >= 11 is 7.17. The van der Waals surface area contributed by atoms with Crippen LogP contribution in [-0.2, 0) is 19.5 Å². The van der Waals surface area contributed by atoms with Crippen LogP contribution in [0.3, 0.4) is 0 Å². The smallest absolute Gasteiger partial charge is 0.293 e. The van der Waals surface area contributed by atoms with E-state index >= 15 is 0 Å². The van der Waals surface area contributed by atoms with E-state index in [1.54, 1.807) is 6.07 Å². The molecule has 2 aromatic heterocycles. The van der Waals surface area contributed by atoms with Gasteiger partial charge in [0.2, 0.25) is 0 Å². The van der Waals surface area contributed by atoms with Crippen molar-refractivity contribution in [2.24, 2.45) is 0 Å². The van der Waals surface area contributed by atoms with E-state index in [1.807, 2.05) is 36.5 Å². The van der Waals surface area contributed by atoms with Gasteiger partial charge >= 0.3 is 5.00 Å². The van der Waals surface area contributed by atoms with E-state index in [4.69, 9.17) is 16.6 Å². The van der Waals surface area contributed by atoms with Gasteiger partial charge in [-0.25, -0.2) is 9.97 Å². The van der Waals surface area contributed by atoms with E-state index in [0.717, 1.165) is 41.2 Å². The average molecular weight is 387 g/mol. The third-order valence-electron chi connectivity index (χ3n) is 4.32. The van der Waals surface area contributed by atoms with Gasteiger partial charge in [0, 0.05) is 59.3 Å². The molecule has 1 aromatic carbocycles. The maximum absolute atomic E-state index is 10.8. The molecular formula is C18H15ClN4O2S. The Morgan fingerprint density at radius 3 is 2.77 bits per heavy atom. The number of fused-ring (bicyclic) bond motifs is 1.